The second-order valence-electron chi connectivity index (χ2n) is 6.07. The van der Waals surface area contributed by atoms with E-state index in [0.717, 1.165) is 4.47 Å². The van der Waals surface area contributed by atoms with Gasteiger partial charge in [-0.15, -0.1) is 0 Å². The van der Waals surface area contributed by atoms with Crippen LogP contribution in [0.2, 0.25) is 0 Å². The van der Waals surface area contributed by atoms with Gasteiger partial charge in [0.25, 0.3) is 0 Å². The van der Waals surface area contributed by atoms with Gasteiger partial charge in [0.05, 0.1) is 12.0 Å². The third-order valence-corrected chi connectivity index (χ3v) is 5.14. The molecule has 6 nitrogen and oxygen atoms in total. The molecule has 1 amide bonds. The molecule has 0 fully saturated rings. The SMILES string of the molecule is N#CC1(C(N)=O)C=C(c2cccc(Br)c2)C([N+](=O)[O-])C1c1ccccc1. The highest BCUT2D eigenvalue weighted by atomic mass is 79.9. The van der Waals surface area contributed by atoms with E-state index in [-0.39, 0.29) is 0 Å². The molecule has 0 saturated carbocycles. The zero-order chi connectivity index (χ0) is 18.9. The van der Waals surface area contributed by atoms with Crippen molar-refractivity contribution in [1.29, 1.82) is 5.26 Å². The van der Waals surface area contributed by atoms with Crippen molar-refractivity contribution < 1.29 is 9.72 Å². The van der Waals surface area contributed by atoms with E-state index in [1.807, 2.05) is 6.07 Å². The maximum atomic E-state index is 12.3. The van der Waals surface area contributed by atoms with Crippen LogP contribution in [0.25, 0.3) is 5.57 Å². The summed E-state index contributed by atoms with van der Waals surface area (Å²) in [6, 6.07) is 16.2. The third kappa shape index (κ3) is 2.78. The van der Waals surface area contributed by atoms with Crippen LogP contribution in [-0.4, -0.2) is 16.9 Å². The van der Waals surface area contributed by atoms with Crippen LogP contribution in [-0.2, 0) is 4.79 Å². The van der Waals surface area contributed by atoms with Crippen LogP contribution < -0.4 is 5.73 Å². The van der Waals surface area contributed by atoms with Crippen LogP contribution in [0.1, 0.15) is 17.0 Å². The van der Waals surface area contributed by atoms with E-state index in [1.54, 1.807) is 54.6 Å². The molecule has 1 aliphatic rings. The first kappa shape index (κ1) is 17.8. The monoisotopic (exact) mass is 411 g/mol. The predicted octanol–water partition coefficient (Wildman–Crippen LogP) is 3.27. The first-order valence-electron chi connectivity index (χ1n) is 7.79. The Balaban J connectivity index is 2.28. The Hall–Kier alpha value is -2.98. The van der Waals surface area contributed by atoms with Crippen LogP contribution >= 0.6 is 15.9 Å². The van der Waals surface area contributed by atoms with E-state index < -0.39 is 28.2 Å². The average molecular weight is 412 g/mol. The lowest BCUT2D eigenvalue weighted by Crippen LogP contribution is -2.42. The van der Waals surface area contributed by atoms with E-state index >= 15 is 0 Å². The van der Waals surface area contributed by atoms with Gasteiger partial charge in [-0.1, -0.05) is 58.4 Å². The quantitative estimate of drug-likeness (QED) is 0.614. The van der Waals surface area contributed by atoms with Crippen molar-refractivity contribution in [2.45, 2.75) is 12.0 Å². The van der Waals surface area contributed by atoms with E-state index in [2.05, 4.69) is 15.9 Å². The molecule has 0 heterocycles. The summed E-state index contributed by atoms with van der Waals surface area (Å²) in [5.74, 6) is -1.90. The number of carbonyl (C=O) groups is 1. The Morgan fingerprint density at radius 1 is 1.23 bits per heavy atom. The molecule has 1 aliphatic carbocycles. The summed E-state index contributed by atoms with van der Waals surface area (Å²) in [6.45, 7) is 0. The summed E-state index contributed by atoms with van der Waals surface area (Å²) in [4.78, 5) is 23.8. The van der Waals surface area contributed by atoms with E-state index in [9.17, 15) is 20.2 Å². The summed E-state index contributed by atoms with van der Waals surface area (Å²) >= 11 is 3.35. The van der Waals surface area contributed by atoms with Gasteiger partial charge in [-0.05, 0) is 29.3 Å². The Morgan fingerprint density at radius 2 is 1.92 bits per heavy atom. The zero-order valence-corrected chi connectivity index (χ0v) is 15.1. The normalized spacial score (nSPS) is 24.5. The standard InChI is InChI=1S/C19H14BrN3O3/c20-14-8-4-7-13(9-14)15-10-19(11-21,18(22)24)16(17(15)23(25)26)12-5-2-1-3-6-12/h1-10,16-17H,(H2,22,24). The number of rotatable bonds is 4. The first-order valence-corrected chi connectivity index (χ1v) is 8.58. The third-order valence-electron chi connectivity index (χ3n) is 4.64. The van der Waals surface area contributed by atoms with E-state index in [0.29, 0.717) is 16.7 Å². The van der Waals surface area contributed by atoms with Gasteiger partial charge in [-0.25, -0.2) is 0 Å². The number of carbonyl (C=O) groups excluding carboxylic acids is 1. The van der Waals surface area contributed by atoms with Crippen molar-refractivity contribution in [3.05, 3.63) is 86.4 Å². The Bertz CT molecular complexity index is 952. The van der Waals surface area contributed by atoms with Gasteiger partial charge in [0.15, 0.2) is 5.41 Å². The predicted molar refractivity (Wildman–Crippen MR) is 99.3 cm³/mol. The molecule has 2 aromatic rings. The number of primary amides is 1. The summed E-state index contributed by atoms with van der Waals surface area (Å²) in [5.41, 5.74) is 5.18. The van der Waals surface area contributed by atoms with Crippen molar-refractivity contribution in [3.8, 4) is 6.07 Å². The second kappa shape index (κ2) is 6.73. The van der Waals surface area contributed by atoms with Crippen LogP contribution in [0.5, 0.6) is 0 Å². The molecule has 0 spiro atoms. The summed E-state index contributed by atoms with van der Waals surface area (Å²) in [7, 11) is 0. The topological polar surface area (TPSA) is 110 Å². The van der Waals surface area contributed by atoms with Gasteiger partial charge in [0, 0.05) is 15.0 Å². The first-order chi connectivity index (χ1) is 12.4. The molecule has 2 aromatic carbocycles. The molecule has 3 unspecified atom stereocenters. The van der Waals surface area contributed by atoms with Gasteiger partial charge < -0.3 is 5.73 Å². The number of amides is 1. The molecule has 130 valence electrons. The van der Waals surface area contributed by atoms with Gasteiger partial charge in [-0.3, -0.25) is 14.9 Å². The molecular formula is C19H14BrN3O3. The van der Waals surface area contributed by atoms with Gasteiger partial charge in [0.1, 0.15) is 0 Å². The molecule has 2 N–H and O–H groups in total. The lowest BCUT2D eigenvalue weighted by atomic mass is 9.73. The number of benzene rings is 2. The number of nitrogens with zero attached hydrogens (tertiary/aromatic N) is 2. The number of nitriles is 1. The molecular weight excluding hydrogens is 398 g/mol. The maximum absolute atomic E-state index is 12.3. The Labute approximate surface area is 158 Å². The molecule has 0 radical (unpaired) electrons. The Kier molecular flexibility index (Phi) is 4.62. The minimum absolute atomic E-state index is 0.311. The van der Waals surface area contributed by atoms with E-state index in [4.69, 9.17) is 5.73 Å². The largest absolute Gasteiger partial charge is 0.368 e. The zero-order valence-electron chi connectivity index (χ0n) is 13.5. The number of nitro groups is 1. The molecule has 26 heavy (non-hydrogen) atoms. The van der Waals surface area contributed by atoms with Crippen LogP contribution in [0.3, 0.4) is 0 Å². The summed E-state index contributed by atoms with van der Waals surface area (Å²) < 4.78 is 0.739. The summed E-state index contributed by atoms with van der Waals surface area (Å²) in [5, 5.41) is 21.8. The average Bonchev–Trinajstić information content (AvgIpc) is 2.99. The van der Waals surface area contributed by atoms with Crippen molar-refractivity contribution >= 4 is 27.4 Å². The number of hydrogen-bond donors (Lipinski definition) is 1. The lowest BCUT2D eigenvalue weighted by Gasteiger charge is -2.26. The fourth-order valence-corrected chi connectivity index (χ4v) is 3.89. The highest BCUT2D eigenvalue weighted by molar-refractivity contribution is 9.10. The van der Waals surface area contributed by atoms with E-state index in [1.165, 1.54) is 6.08 Å². The van der Waals surface area contributed by atoms with Gasteiger partial charge >= 0.3 is 0 Å². The van der Waals surface area contributed by atoms with Crippen LogP contribution in [0.15, 0.2) is 65.1 Å². The highest BCUT2D eigenvalue weighted by Gasteiger charge is 2.59. The minimum Gasteiger partial charge on any atom is -0.368 e. The molecule has 0 aliphatic heterocycles. The fraction of sp³-hybridized carbons (Fsp3) is 0.158. The number of halogens is 1. The maximum Gasteiger partial charge on any atom is 0.247 e. The smallest absolute Gasteiger partial charge is 0.247 e. The lowest BCUT2D eigenvalue weighted by molar-refractivity contribution is -0.510. The van der Waals surface area contributed by atoms with Gasteiger partial charge in [-0.2, -0.15) is 5.26 Å². The van der Waals surface area contributed by atoms with Crippen molar-refractivity contribution in [1.82, 2.24) is 0 Å². The fourth-order valence-electron chi connectivity index (χ4n) is 3.49. The van der Waals surface area contributed by atoms with Crippen molar-refractivity contribution in [3.63, 3.8) is 0 Å². The highest BCUT2D eigenvalue weighted by Crippen LogP contribution is 2.51. The van der Waals surface area contributed by atoms with Crippen molar-refractivity contribution in [2.24, 2.45) is 11.1 Å². The molecule has 0 bridgehead atoms. The molecule has 7 heteroatoms. The minimum atomic E-state index is -1.79. The summed E-state index contributed by atoms with van der Waals surface area (Å²) in [6.07, 6.45) is 1.36. The van der Waals surface area contributed by atoms with Gasteiger partial charge in [0.2, 0.25) is 11.9 Å². The molecule has 3 atom stereocenters. The Morgan fingerprint density at radius 3 is 2.46 bits per heavy atom. The molecule has 0 aromatic heterocycles. The van der Waals surface area contributed by atoms with Crippen molar-refractivity contribution in [2.75, 3.05) is 0 Å². The number of hydrogen-bond acceptors (Lipinski definition) is 4. The van der Waals surface area contributed by atoms with Crippen LogP contribution in [0, 0.1) is 26.9 Å². The molecule has 3 rings (SSSR count). The second-order valence-corrected chi connectivity index (χ2v) is 6.99. The molecule has 0 saturated heterocycles. The van der Waals surface area contributed by atoms with Crippen LogP contribution in [0.4, 0.5) is 0 Å². The number of nitrogens with two attached hydrogens (primary N) is 1.